The summed E-state index contributed by atoms with van der Waals surface area (Å²) in [5.74, 6) is 1.55. The number of para-hydroxylation sites is 1. The second-order valence-electron chi connectivity index (χ2n) is 8.60. The van der Waals surface area contributed by atoms with Crippen molar-refractivity contribution in [2.24, 2.45) is 0 Å². The molecule has 0 N–H and O–H groups in total. The van der Waals surface area contributed by atoms with Gasteiger partial charge in [-0.2, -0.15) is 0 Å². The number of ether oxygens (including phenoxy) is 2. The molecule has 7 rings (SSSR count). The van der Waals surface area contributed by atoms with E-state index in [-0.39, 0.29) is 6.79 Å². The van der Waals surface area contributed by atoms with E-state index in [2.05, 4.69) is 90.4 Å². The predicted molar refractivity (Wildman–Crippen MR) is 137 cm³/mol. The fraction of sp³-hybridized carbons (Fsp3) is 0.100. The molecule has 1 aliphatic rings. The second-order valence-corrected chi connectivity index (χ2v) is 8.60. The average Bonchev–Trinajstić information content (AvgIpc) is 3.50. The molecule has 4 heteroatoms. The first kappa shape index (κ1) is 19.2. The van der Waals surface area contributed by atoms with Crippen molar-refractivity contribution in [3.63, 3.8) is 0 Å². The Morgan fingerprint density at radius 1 is 0.735 bits per heavy atom. The molecule has 6 aromatic rings. The summed E-state index contributed by atoms with van der Waals surface area (Å²) >= 11 is 0. The Hall–Kier alpha value is -4.31. The zero-order chi connectivity index (χ0) is 22.6. The highest BCUT2D eigenvalue weighted by atomic mass is 16.7. The van der Waals surface area contributed by atoms with Crippen LogP contribution in [0.1, 0.15) is 6.92 Å². The minimum atomic E-state index is 0.263. The van der Waals surface area contributed by atoms with E-state index in [1.54, 1.807) is 0 Å². The summed E-state index contributed by atoms with van der Waals surface area (Å²) in [6, 6.07) is 31.9. The Balaban J connectivity index is 1.61. The Labute approximate surface area is 197 Å². The lowest BCUT2D eigenvalue weighted by Crippen LogP contribution is -1.94. The van der Waals surface area contributed by atoms with E-state index < -0.39 is 0 Å². The summed E-state index contributed by atoms with van der Waals surface area (Å²) in [7, 11) is 0. The number of rotatable bonds is 3. The van der Waals surface area contributed by atoms with Crippen LogP contribution in [0.5, 0.6) is 11.5 Å². The average molecular weight is 443 g/mol. The van der Waals surface area contributed by atoms with E-state index >= 15 is 0 Å². The Morgan fingerprint density at radius 2 is 1.56 bits per heavy atom. The summed E-state index contributed by atoms with van der Waals surface area (Å²) in [6.45, 7) is 3.38. The number of hydrogen-bond donors (Lipinski definition) is 0. The molecule has 0 radical (unpaired) electrons. The van der Waals surface area contributed by atoms with Gasteiger partial charge in [0.05, 0.1) is 11.2 Å². The number of benzene rings is 4. The lowest BCUT2D eigenvalue weighted by atomic mass is 9.95. The van der Waals surface area contributed by atoms with E-state index in [9.17, 15) is 0 Å². The van der Waals surface area contributed by atoms with Crippen LogP contribution in [0.15, 0.2) is 91.0 Å². The minimum absolute atomic E-state index is 0.263. The maximum Gasteiger partial charge on any atom is 0.231 e. The molecule has 0 unspecified atom stereocenters. The summed E-state index contributed by atoms with van der Waals surface area (Å²) in [5.41, 5.74) is 7.78. The zero-order valence-electron chi connectivity index (χ0n) is 18.8. The van der Waals surface area contributed by atoms with Gasteiger partial charge in [-0.15, -0.1) is 0 Å². The highest BCUT2D eigenvalue weighted by Gasteiger charge is 2.19. The molecular formula is C30H22N2O2. The van der Waals surface area contributed by atoms with Crippen molar-refractivity contribution in [2.75, 3.05) is 6.79 Å². The van der Waals surface area contributed by atoms with E-state index in [4.69, 9.17) is 14.5 Å². The van der Waals surface area contributed by atoms with Gasteiger partial charge in [-0.1, -0.05) is 48.5 Å². The molecule has 0 amide bonds. The molecule has 2 aromatic heterocycles. The molecule has 0 saturated heterocycles. The fourth-order valence-electron chi connectivity index (χ4n) is 5.26. The maximum atomic E-state index is 5.63. The van der Waals surface area contributed by atoms with Crippen molar-refractivity contribution in [1.29, 1.82) is 0 Å². The SMILES string of the molecule is CCn1c2ccccc2c2c3c(-c4ccccc4)cc(-c4ccc5c(c4)OCO5)nc3ccc21. The number of nitrogens with zero attached hydrogens (tertiary/aromatic N) is 2. The predicted octanol–water partition coefficient (Wildman–Crippen LogP) is 7.43. The minimum Gasteiger partial charge on any atom is -0.454 e. The summed E-state index contributed by atoms with van der Waals surface area (Å²) in [5, 5.41) is 3.72. The van der Waals surface area contributed by atoms with Crippen molar-refractivity contribution in [2.45, 2.75) is 13.5 Å². The van der Waals surface area contributed by atoms with Crippen LogP contribution in [-0.2, 0) is 6.54 Å². The van der Waals surface area contributed by atoms with Crippen LogP contribution in [0, 0.1) is 0 Å². The van der Waals surface area contributed by atoms with Crippen LogP contribution in [0.25, 0.3) is 55.1 Å². The van der Waals surface area contributed by atoms with Crippen LogP contribution in [0.4, 0.5) is 0 Å². The van der Waals surface area contributed by atoms with Gasteiger partial charge in [-0.3, -0.25) is 0 Å². The first-order chi connectivity index (χ1) is 16.8. The molecule has 0 aliphatic carbocycles. The number of pyridine rings is 1. The molecule has 4 aromatic carbocycles. The Kier molecular flexibility index (Phi) is 4.15. The van der Waals surface area contributed by atoms with Crippen LogP contribution >= 0.6 is 0 Å². The third-order valence-corrected chi connectivity index (χ3v) is 6.78. The van der Waals surface area contributed by atoms with Gasteiger partial charge in [0.2, 0.25) is 6.79 Å². The van der Waals surface area contributed by atoms with E-state index in [0.717, 1.165) is 34.8 Å². The third-order valence-electron chi connectivity index (χ3n) is 6.78. The van der Waals surface area contributed by atoms with Crippen LogP contribution in [-0.4, -0.2) is 16.3 Å². The first-order valence-corrected chi connectivity index (χ1v) is 11.6. The van der Waals surface area contributed by atoms with Crippen molar-refractivity contribution in [3.8, 4) is 33.9 Å². The molecule has 0 fully saturated rings. The normalized spacial score (nSPS) is 12.7. The molecule has 3 heterocycles. The monoisotopic (exact) mass is 442 g/mol. The summed E-state index contributed by atoms with van der Waals surface area (Å²) < 4.78 is 13.5. The standard InChI is InChI=1S/C30H22N2O2/c1-2-32-25-11-7-6-10-21(25)30-26(32)14-13-23-29(30)22(19-8-4-3-5-9-19)17-24(31-23)20-12-15-27-28(16-20)34-18-33-27/h3-17H,2,18H2,1H3. The Morgan fingerprint density at radius 3 is 2.44 bits per heavy atom. The van der Waals surface area contributed by atoms with Crippen molar-refractivity contribution in [3.05, 3.63) is 91.0 Å². The molecule has 0 atom stereocenters. The molecule has 0 bridgehead atoms. The molecule has 0 saturated carbocycles. The van der Waals surface area contributed by atoms with Crippen LogP contribution < -0.4 is 9.47 Å². The molecule has 34 heavy (non-hydrogen) atoms. The van der Waals surface area contributed by atoms with Gasteiger partial charge in [-0.05, 0) is 60.5 Å². The van der Waals surface area contributed by atoms with Gasteiger partial charge in [0.1, 0.15) is 0 Å². The van der Waals surface area contributed by atoms with E-state index in [1.165, 1.54) is 38.3 Å². The molecule has 4 nitrogen and oxygen atoms in total. The second kappa shape index (κ2) is 7.35. The fourth-order valence-corrected chi connectivity index (χ4v) is 5.26. The number of fused-ring (bicyclic) bond motifs is 6. The quantitative estimate of drug-likeness (QED) is 0.286. The number of hydrogen-bond acceptors (Lipinski definition) is 3. The van der Waals surface area contributed by atoms with Crippen LogP contribution in [0.3, 0.4) is 0 Å². The van der Waals surface area contributed by atoms with Crippen molar-refractivity contribution < 1.29 is 9.47 Å². The first-order valence-electron chi connectivity index (χ1n) is 11.6. The van der Waals surface area contributed by atoms with Gasteiger partial charge in [0, 0.05) is 39.3 Å². The highest BCUT2D eigenvalue weighted by Crippen LogP contribution is 2.42. The van der Waals surface area contributed by atoms with Crippen molar-refractivity contribution in [1.82, 2.24) is 9.55 Å². The van der Waals surface area contributed by atoms with E-state index in [0.29, 0.717) is 0 Å². The highest BCUT2D eigenvalue weighted by molar-refractivity contribution is 6.24. The summed E-state index contributed by atoms with van der Waals surface area (Å²) in [6.07, 6.45) is 0. The largest absolute Gasteiger partial charge is 0.454 e. The lowest BCUT2D eigenvalue weighted by molar-refractivity contribution is 0.174. The van der Waals surface area contributed by atoms with E-state index in [1.807, 2.05) is 12.1 Å². The maximum absolute atomic E-state index is 5.63. The molecule has 1 aliphatic heterocycles. The van der Waals surface area contributed by atoms with Gasteiger partial charge >= 0.3 is 0 Å². The Bertz CT molecular complexity index is 1720. The molecular weight excluding hydrogens is 420 g/mol. The van der Waals surface area contributed by atoms with Gasteiger partial charge < -0.3 is 14.0 Å². The zero-order valence-corrected chi connectivity index (χ0v) is 18.8. The smallest absolute Gasteiger partial charge is 0.231 e. The van der Waals surface area contributed by atoms with Gasteiger partial charge in [-0.25, -0.2) is 4.98 Å². The topological polar surface area (TPSA) is 36.3 Å². The molecule has 0 spiro atoms. The third kappa shape index (κ3) is 2.75. The lowest BCUT2D eigenvalue weighted by Gasteiger charge is -2.13. The number of aryl methyl sites for hydroxylation is 1. The van der Waals surface area contributed by atoms with Crippen LogP contribution in [0.2, 0.25) is 0 Å². The van der Waals surface area contributed by atoms with Gasteiger partial charge in [0.25, 0.3) is 0 Å². The summed E-state index contributed by atoms with van der Waals surface area (Å²) in [4.78, 5) is 5.14. The number of aromatic nitrogens is 2. The van der Waals surface area contributed by atoms with Crippen molar-refractivity contribution >= 4 is 32.7 Å². The molecule has 164 valence electrons. The van der Waals surface area contributed by atoms with Gasteiger partial charge in [0.15, 0.2) is 11.5 Å².